The van der Waals surface area contributed by atoms with Gasteiger partial charge in [0, 0.05) is 25.1 Å². The van der Waals surface area contributed by atoms with Crippen molar-refractivity contribution < 1.29 is 18.9 Å². The molecule has 0 saturated heterocycles. The van der Waals surface area contributed by atoms with Crippen molar-refractivity contribution in [3.05, 3.63) is 46.2 Å². The van der Waals surface area contributed by atoms with E-state index in [1.807, 2.05) is 31.2 Å². The van der Waals surface area contributed by atoms with Gasteiger partial charge in [-0.3, -0.25) is 4.79 Å². The number of aryl methyl sites for hydroxylation is 1. The van der Waals surface area contributed by atoms with Crippen molar-refractivity contribution in [2.45, 2.75) is 13.5 Å². The van der Waals surface area contributed by atoms with Gasteiger partial charge in [-0.1, -0.05) is 18.2 Å². The van der Waals surface area contributed by atoms with E-state index in [9.17, 15) is 4.79 Å². The highest BCUT2D eigenvalue weighted by Crippen LogP contribution is 2.15. The van der Waals surface area contributed by atoms with Crippen molar-refractivity contribution in [3.63, 3.8) is 0 Å². The molecule has 0 unspecified atom stereocenters. The lowest BCUT2D eigenvalue weighted by molar-refractivity contribution is 0.00277. The first-order valence-electron chi connectivity index (χ1n) is 8.55. The van der Waals surface area contributed by atoms with E-state index in [0.717, 1.165) is 16.5 Å². The van der Waals surface area contributed by atoms with Gasteiger partial charge in [-0.25, -0.2) is 0 Å². The summed E-state index contributed by atoms with van der Waals surface area (Å²) >= 11 is 0. The van der Waals surface area contributed by atoms with Gasteiger partial charge in [0.1, 0.15) is 0 Å². The van der Waals surface area contributed by atoms with Crippen LogP contribution in [0.15, 0.2) is 35.1 Å². The zero-order valence-corrected chi connectivity index (χ0v) is 15.0. The van der Waals surface area contributed by atoms with E-state index in [1.165, 1.54) is 0 Å². The van der Waals surface area contributed by atoms with Gasteiger partial charge < -0.3 is 23.5 Å². The molecule has 0 aliphatic rings. The SMILES string of the molecule is COCCOCCOCCOCCn1c(=O)cc(C)c2ccccc21. The van der Waals surface area contributed by atoms with Crippen molar-refractivity contribution in [1.29, 1.82) is 0 Å². The Bertz CT molecular complexity index is 698. The number of aromatic nitrogens is 1. The van der Waals surface area contributed by atoms with Crippen LogP contribution in [0, 0.1) is 6.92 Å². The van der Waals surface area contributed by atoms with E-state index in [-0.39, 0.29) is 5.56 Å². The highest BCUT2D eigenvalue weighted by Gasteiger charge is 2.05. The molecule has 0 amide bonds. The Morgan fingerprint density at radius 3 is 2.16 bits per heavy atom. The molecule has 0 fully saturated rings. The number of hydrogen-bond acceptors (Lipinski definition) is 5. The normalized spacial score (nSPS) is 11.3. The van der Waals surface area contributed by atoms with E-state index in [4.69, 9.17) is 18.9 Å². The van der Waals surface area contributed by atoms with E-state index >= 15 is 0 Å². The first-order chi connectivity index (χ1) is 12.2. The summed E-state index contributed by atoms with van der Waals surface area (Å²) in [6.45, 7) is 6.23. The second-order valence-electron chi connectivity index (χ2n) is 5.66. The summed E-state index contributed by atoms with van der Waals surface area (Å²) in [4.78, 5) is 12.2. The zero-order valence-electron chi connectivity index (χ0n) is 15.0. The molecule has 6 nitrogen and oxygen atoms in total. The van der Waals surface area contributed by atoms with Gasteiger partial charge in [-0.2, -0.15) is 0 Å². The van der Waals surface area contributed by atoms with Crippen LogP contribution >= 0.6 is 0 Å². The van der Waals surface area contributed by atoms with Crippen LogP contribution in [0.25, 0.3) is 10.9 Å². The Labute approximate surface area is 148 Å². The number of nitrogens with zero attached hydrogens (tertiary/aromatic N) is 1. The lowest BCUT2D eigenvalue weighted by Crippen LogP contribution is -2.23. The summed E-state index contributed by atoms with van der Waals surface area (Å²) < 4.78 is 22.9. The fourth-order valence-electron chi connectivity index (χ4n) is 2.57. The van der Waals surface area contributed by atoms with Crippen LogP contribution in [0.3, 0.4) is 0 Å². The number of ether oxygens (including phenoxy) is 4. The summed E-state index contributed by atoms with van der Waals surface area (Å²) in [7, 11) is 1.64. The highest BCUT2D eigenvalue weighted by atomic mass is 16.6. The quantitative estimate of drug-likeness (QED) is 0.549. The van der Waals surface area contributed by atoms with E-state index in [0.29, 0.717) is 52.8 Å². The number of benzene rings is 1. The third-order valence-electron chi connectivity index (χ3n) is 3.86. The third-order valence-corrected chi connectivity index (χ3v) is 3.86. The van der Waals surface area contributed by atoms with Gasteiger partial charge in [-0.05, 0) is 18.6 Å². The maximum absolute atomic E-state index is 12.2. The molecule has 1 heterocycles. The molecule has 0 spiro atoms. The number of rotatable bonds is 12. The van der Waals surface area contributed by atoms with Crippen LogP contribution in [-0.4, -0.2) is 57.9 Å². The average Bonchev–Trinajstić information content (AvgIpc) is 2.62. The fourth-order valence-corrected chi connectivity index (χ4v) is 2.57. The molecule has 0 aliphatic heterocycles. The second kappa shape index (κ2) is 11.0. The number of para-hydroxylation sites is 1. The van der Waals surface area contributed by atoms with Gasteiger partial charge >= 0.3 is 0 Å². The molecule has 138 valence electrons. The summed E-state index contributed by atoms with van der Waals surface area (Å²) in [6, 6.07) is 9.60. The van der Waals surface area contributed by atoms with E-state index in [1.54, 1.807) is 17.7 Å². The molecule has 25 heavy (non-hydrogen) atoms. The minimum Gasteiger partial charge on any atom is -0.382 e. The minimum absolute atomic E-state index is 0.00394. The van der Waals surface area contributed by atoms with Crippen molar-refractivity contribution in [1.82, 2.24) is 4.57 Å². The van der Waals surface area contributed by atoms with Crippen molar-refractivity contribution in [2.24, 2.45) is 0 Å². The summed E-state index contributed by atoms with van der Waals surface area (Å²) in [6.07, 6.45) is 0. The zero-order chi connectivity index (χ0) is 17.9. The third kappa shape index (κ3) is 6.25. The lowest BCUT2D eigenvalue weighted by Gasteiger charge is -2.12. The summed E-state index contributed by atoms with van der Waals surface area (Å²) in [5.41, 5.74) is 1.95. The molecule has 0 bridgehead atoms. The molecule has 0 atom stereocenters. The molecule has 1 aromatic heterocycles. The molecular weight excluding hydrogens is 322 g/mol. The van der Waals surface area contributed by atoms with Crippen LogP contribution < -0.4 is 5.56 Å². The van der Waals surface area contributed by atoms with Gasteiger partial charge in [0.25, 0.3) is 5.56 Å². The molecule has 6 heteroatoms. The fraction of sp³-hybridized carbons (Fsp3) is 0.526. The Morgan fingerprint density at radius 2 is 1.48 bits per heavy atom. The standard InChI is InChI=1S/C19H27NO5/c1-16-15-19(21)20(18-6-4-3-5-17(16)18)7-8-23-11-12-25-14-13-24-10-9-22-2/h3-6,15H,7-14H2,1-2H3. The number of hydrogen-bond donors (Lipinski definition) is 0. The molecular formula is C19H27NO5. The lowest BCUT2D eigenvalue weighted by atomic mass is 10.1. The second-order valence-corrected chi connectivity index (χ2v) is 5.66. The maximum atomic E-state index is 12.2. The van der Waals surface area contributed by atoms with Gasteiger partial charge in [0.05, 0.1) is 51.8 Å². The Morgan fingerprint density at radius 1 is 0.880 bits per heavy atom. The van der Waals surface area contributed by atoms with Crippen molar-refractivity contribution in [2.75, 3.05) is 53.4 Å². The molecule has 1 aromatic carbocycles. The molecule has 0 N–H and O–H groups in total. The summed E-state index contributed by atoms with van der Waals surface area (Å²) in [5.74, 6) is 0. The van der Waals surface area contributed by atoms with Crippen LogP contribution in [0.1, 0.15) is 5.56 Å². The number of fused-ring (bicyclic) bond motifs is 1. The smallest absolute Gasteiger partial charge is 0.251 e. The van der Waals surface area contributed by atoms with Crippen molar-refractivity contribution >= 4 is 10.9 Å². The number of pyridine rings is 1. The highest BCUT2D eigenvalue weighted by molar-refractivity contribution is 5.82. The molecule has 2 rings (SSSR count). The predicted molar refractivity (Wildman–Crippen MR) is 97.3 cm³/mol. The van der Waals surface area contributed by atoms with Crippen LogP contribution in [0.4, 0.5) is 0 Å². The Hall–Kier alpha value is -1.73. The topological polar surface area (TPSA) is 58.9 Å². The van der Waals surface area contributed by atoms with Gasteiger partial charge in [0.2, 0.25) is 0 Å². The molecule has 0 aliphatic carbocycles. The van der Waals surface area contributed by atoms with Crippen molar-refractivity contribution in [3.8, 4) is 0 Å². The van der Waals surface area contributed by atoms with E-state index in [2.05, 4.69) is 0 Å². The van der Waals surface area contributed by atoms with Gasteiger partial charge in [0.15, 0.2) is 0 Å². The first-order valence-corrected chi connectivity index (χ1v) is 8.55. The minimum atomic E-state index is 0.00394. The average molecular weight is 349 g/mol. The van der Waals surface area contributed by atoms with Gasteiger partial charge in [-0.15, -0.1) is 0 Å². The molecule has 0 saturated carbocycles. The summed E-state index contributed by atoms with van der Waals surface area (Å²) in [5, 5.41) is 1.10. The van der Waals surface area contributed by atoms with Crippen LogP contribution in [0.2, 0.25) is 0 Å². The predicted octanol–water partition coefficient (Wildman–Crippen LogP) is 2.01. The maximum Gasteiger partial charge on any atom is 0.251 e. The van der Waals surface area contributed by atoms with E-state index < -0.39 is 0 Å². The first kappa shape index (κ1) is 19.6. The Balaban J connectivity index is 1.68. The monoisotopic (exact) mass is 349 g/mol. The number of methoxy groups -OCH3 is 1. The molecule has 0 radical (unpaired) electrons. The van der Waals surface area contributed by atoms with Crippen LogP contribution in [-0.2, 0) is 25.5 Å². The largest absolute Gasteiger partial charge is 0.382 e. The Kier molecular flexibility index (Phi) is 8.62. The van der Waals surface area contributed by atoms with Crippen LogP contribution in [0.5, 0.6) is 0 Å². The molecule has 2 aromatic rings.